The molecule has 0 unspecified atom stereocenters. The van der Waals surface area contributed by atoms with Crippen LogP contribution in [0.25, 0.3) is 16.9 Å². The van der Waals surface area contributed by atoms with Gasteiger partial charge in [0.25, 0.3) is 0 Å². The molecule has 0 N–H and O–H groups in total. The number of benzene rings is 1. The van der Waals surface area contributed by atoms with Crippen molar-refractivity contribution in [3.8, 4) is 17.0 Å². The van der Waals surface area contributed by atoms with Crippen molar-refractivity contribution in [1.82, 2.24) is 9.38 Å². The van der Waals surface area contributed by atoms with Crippen molar-refractivity contribution in [3.05, 3.63) is 54.4 Å². The van der Waals surface area contributed by atoms with Crippen molar-refractivity contribution in [1.29, 1.82) is 0 Å². The topological polar surface area (TPSA) is 52.8 Å². The highest BCUT2D eigenvalue weighted by molar-refractivity contribution is 5.96. The highest BCUT2D eigenvalue weighted by Gasteiger charge is 2.14. The predicted octanol–water partition coefficient (Wildman–Crippen LogP) is 2.80. The highest BCUT2D eigenvalue weighted by Crippen LogP contribution is 2.24. The summed E-state index contributed by atoms with van der Waals surface area (Å²) in [4.78, 5) is 16.3. The van der Waals surface area contributed by atoms with E-state index in [2.05, 4.69) is 4.98 Å². The Morgan fingerprint density at radius 3 is 2.81 bits per heavy atom. The van der Waals surface area contributed by atoms with Crippen LogP contribution in [-0.4, -0.2) is 29.6 Å². The fraction of sp³-hybridized carbons (Fsp3) is 0.125. The van der Waals surface area contributed by atoms with Crippen molar-refractivity contribution in [2.75, 3.05) is 14.2 Å². The maximum absolute atomic E-state index is 11.8. The number of hydrogen-bond donors (Lipinski definition) is 0. The summed E-state index contributed by atoms with van der Waals surface area (Å²) < 4.78 is 11.8. The van der Waals surface area contributed by atoms with Crippen LogP contribution < -0.4 is 4.74 Å². The second-order valence-corrected chi connectivity index (χ2v) is 4.50. The molecule has 5 heteroatoms. The zero-order chi connectivity index (χ0) is 14.8. The summed E-state index contributed by atoms with van der Waals surface area (Å²) in [6.07, 6.45) is 3.72. The summed E-state index contributed by atoms with van der Waals surface area (Å²) in [7, 11) is 2.98. The number of carbonyl (C=O) groups is 1. The van der Waals surface area contributed by atoms with Gasteiger partial charge in [-0.3, -0.25) is 0 Å². The number of aromatic nitrogens is 2. The van der Waals surface area contributed by atoms with Crippen LogP contribution in [0.2, 0.25) is 0 Å². The molecule has 0 saturated heterocycles. The molecule has 5 nitrogen and oxygen atoms in total. The maximum atomic E-state index is 11.8. The molecule has 1 aromatic carbocycles. The second-order valence-electron chi connectivity index (χ2n) is 4.50. The number of imidazole rings is 1. The standard InChI is InChI=1S/C16H14N2O3/c1-20-12-6-3-5-11(9-12)14-10-18-8-4-7-13(15(18)17-14)16(19)21-2/h3-10H,1-2H3. The van der Waals surface area contributed by atoms with Gasteiger partial charge in [0.15, 0.2) is 5.65 Å². The van der Waals surface area contributed by atoms with E-state index in [0.29, 0.717) is 11.2 Å². The molecule has 0 saturated carbocycles. The molecule has 106 valence electrons. The van der Waals surface area contributed by atoms with Crippen LogP contribution in [0.1, 0.15) is 10.4 Å². The van der Waals surface area contributed by atoms with Crippen LogP contribution in [0.5, 0.6) is 5.75 Å². The van der Waals surface area contributed by atoms with Crippen LogP contribution in [0.15, 0.2) is 48.8 Å². The SMILES string of the molecule is COC(=O)c1cccn2cc(-c3cccc(OC)c3)nc12. The monoisotopic (exact) mass is 282 g/mol. The second kappa shape index (κ2) is 5.28. The van der Waals surface area contributed by atoms with Gasteiger partial charge < -0.3 is 13.9 Å². The third-order valence-electron chi connectivity index (χ3n) is 3.25. The van der Waals surface area contributed by atoms with Gasteiger partial charge in [0, 0.05) is 18.0 Å². The number of rotatable bonds is 3. The van der Waals surface area contributed by atoms with Gasteiger partial charge in [0.2, 0.25) is 0 Å². The number of methoxy groups -OCH3 is 2. The first kappa shape index (κ1) is 13.2. The van der Waals surface area contributed by atoms with E-state index < -0.39 is 5.97 Å². The minimum Gasteiger partial charge on any atom is -0.497 e. The average Bonchev–Trinajstić information content (AvgIpc) is 2.98. The van der Waals surface area contributed by atoms with Gasteiger partial charge in [-0.15, -0.1) is 0 Å². The lowest BCUT2D eigenvalue weighted by Crippen LogP contribution is -2.03. The minimum absolute atomic E-state index is 0.400. The van der Waals surface area contributed by atoms with Crippen LogP contribution in [-0.2, 0) is 4.74 Å². The molecule has 0 aliphatic carbocycles. The first-order chi connectivity index (χ1) is 10.2. The van der Waals surface area contributed by atoms with Gasteiger partial charge in [-0.05, 0) is 24.3 Å². The van der Waals surface area contributed by atoms with E-state index in [0.717, 1.165) is 17.0 Å². The number of nitrogens with zero attached hydrogens (tertiary/aromatic N) is 2. The summed E-state index contributed by atoms with van der Waals surface area (Å²) in [5.41, 5.74) is 2.70. The zero-order valence-electron chi connectivity index (χ0n) is 11.7. The smallest absolute Gasteiger partial charge is 0.341 e. The van der Waals surface area contributed by atoms with Gasteiger partial charge in [-0.2, -0.15) is 0 Å². The Kier molecular flexibility index (Phi) is 3.31. The molecule has 0 spiro atoms. The number of pyridine rings is 1. The Morgan fingerprint density at radius 2 is 2.05 bits per heavy atom. The third kappa shape index (κ3) is 2.33. The number of ether oxygens (including phenoxy) is 2. The molecular weight excluding hydrogens is 268 g/mol. The predicted molar refractivity (Wildman–Crippen MR) is 78.5 cm³/mol. The van der Waals surface area contributed by atoms with Crippen molar-refractivity contribution in [2.24, 2.45) is 0 Å². The van der Waals surface area contributed by atoms with Gasteiger partial charge in [-0.1, -0.05) is 12.1 Å². The Labute approximate surface area is 121 Å². The van der Waals surface area contributed by atoms with Crippen LogP contribution in [0.4, 0.5) is 0 Å². The van der Waals surface area contributed by atoms with Crippen molar-refractivity contribution in [2.45, 2.75) is 0 Å². The molecule has 3 aromatic rings. The molecule has 0 amide bonds. The van der Waals surface area contributed by atoms with Crippen molar-refractivity contribution < 1.29 is 14.3 Å². The summed E-state index contributed by atoms with van der Waals surface area (Å²) in [5.74, 6) is 0.362. The van der Waals surface area contributed by atoms with Crippen molar-refractivity contribution >= 4 is 11.6 Å². The molecular formula is C16H14N2O3. The van der Waals surface area contributed by atoms with E-state index in [1.807, 2.05) is 36.7 Å². The van der Waals surface area contributed by atoms with E-state index >= 15 is 0 Å². The Morgan fingerprint density at radius 1 is 1.19 bits per heavy atom. The fourth-order valence-corrected chi connectivity index (χ4v) is 2.20. The van der Waals surface area contributed by atoms with E-state index in [4.69, 9.17) is 9.47 Å². The average molecular weight is 282 g/mol. The summed E-state index contributed by atoms with van der Waals surface area (Å²) in [6.45, 7) is 0. The van der Waals surface area contributed by atoms with Gasteiger partial charge in [-0.25, -0.2) is 9.78 Å². The summed E-state index contributed by atoms with van der Waals surface area (Å²) in [5, 5.41) is 0. The Balaban J connectivity index is 2.14. The van der Waals surface area contributed by atoms with Crippen molar-refractivity contribution in [3.63, 3.8) is 0 Å². The zero-order valence-corrected chi connectivity index (χ0v) is 11.7. The largest absolute Gasteiger partial charge is 0.497 e. The lowest BCUT2D eigenvalue weighted by atomic mass is 10.1. The molecule has 0 radical (unpaired) electrons. The lowest BCUT2D eigenvalue weighted by Gasteiger charge is -2.01. The van der Waals surface area contributed by atoms with E-state index in [9.17, 15) is 4.79 Å². The number of hydrogen-bond acceptors (Lipinski definition) is 4. The van der Waals surface area contributed by atoms with Crippen LogP contribution in [0.3, 0.4) is 0 Å². The minimum atomic E-state index is -0.400. The molecule has 0 bridgehead atoms. The normalized spacial score (nSPS) is 10.6. The Hall–Kier alpha value is -2.82. The van der Waals surface area contributed by atoms with E-state index in [-0.39, 0.29) is 0 Å². The first-order valence-electron chi connectivity index (χ1n) is 6.43. The highest BCUT2D eigenvalue weighted by atomic mass is 16.5. The van der Waals surface area contributed by atoms with E-state index in [1.165, 1.54) is 7.11 Å². The molecule has 0 atom stereocenters. The summed E-state index contributed by atoms with van der Waals surface area (Å²) >= 11 is 0. The number of carbonyl (C=O) groups excluding carboxylic acids is 1. The van der Waals surface area contributed by atoms with Crippen LogP contribution >= 0.6 is 0 Å². The fourth-order valence-electron chi connectivity index (χ4n) is 2.20. The van der Waals surface area contributed by atoms with Gasteiger partial charge in [0.05, 0.1) is 19.9 Å². The molecule has 0 aliphatic rings. The third-order valence-corrected chi connectivity index (χ3v) is 3.25. The Bertz CT molecular complexity index is 808. The molecule has 2 heterocycles. The van der Waals surface area contributed by atoms with E-state index in [1.54, 1.807) is 23.6 Å². The molecule has 3 rings (SSSR count). The maximum Gasteiger partial charge on any atom is 0.341 e. The van der Waals surface area contributed by atoms with Gasteiger partial charge >= 0.3 is 5.97 Å². The molecule has 0 aliphatic heterocycles. The number of fused-ring (bicyclic) bond motifs is 1. The van der Waals surface area contributed by atoms with Gasteiger partial charge in [0.1, 0.15) is 11.3 Å². The lowest BCUT2D eigenvalue weighted by molar-refractivity contribution is 0.0602. The van der Waals surface area contributed by atoms with Crippen LogP contribution in [0, 0.1) is 0 Å². The first-order valence-corrected chi connectivity index (χ1v) is 6.43. The molecule has 2 aromatic heterocycles. The molecule has 21 heavy (non-hydrogen) atoms. The molecule has 0 fully saturated rings. The quantitative estimate of drug-likeness (QED) is 0.693. The number of esters is 1. The summed E-state index contributed by atoms with van der Waals surface area (Å²) in [6, 6.07) is 11.1.